The first-order valence-corrected chi connectivity index (χ1v) is 5.51. The van der Waals surface area contributed by atoms with Gasteiger partial charge in [-0.2, -0.15) is 10.9 Å². The maximum absolute atomic E-state index is 5.28. The molecule has 0 bridgehead atoms. The van der Waals surface area contributed by atoms with Crippen molar-refractivity contribution < 1.29 is 4.74 Å². The van der Waals surface area contributed by atoms with E-state index in [-0.39, 0.29) is 10.9 Å². The highest BCUT2D eigenvalue weighted by atomic mass is 32.2. The number of hydrogen-bond donors (Lipinski definition) is 1. The van der Waals surface area contributed by atoms with Crippen molar-refractivity contribution in [3.63, 3.8) is 0 Å². The lowest BCUT2D eigenvalue weighted by molar-refractivity contribution is 0.405. The summed E-state index contributed by atoms with van der Waals surface area (Å²) in [6, 6.07) is 8.08. The van der Waals surface area contributed by atoms with Gasteiger partial charge in [0.05, 0.1) is 7.11 Å². The van der Waals surface area contributed by atoms with E-state index in [0.717, 1.165) is 5.75 Å². The predicted octanol–water partition coefficient (Wildman–Crippen LogP) is 2.57. The maximum atomic E-state index is 5.28. The third kappa shape index (κ3) is 1.60. The minimum atomic E-state index is -0.364. The zero-order valence-electron chi connectivity index (χ0n) is 7.34. The summed E-state index contributed by atoms with van der Waals surface area (Å²) in [5.41, 5.74) is 1.98. The molecule has 0 spiro atoms. The third-order valence-corrected chi connectivity index (χ3v) is 3.63. The Morgan fingerprint density at radius 1 is 1.31 bits per heavy atom. The minimum Gasteiger partial charge on any atom is -0.496 e. The molecule has 0 radical (unpaired) electrons. The van der Waals surface area contributed by atoms with Crippen molar-refractivity contribution in [1.29, 1.82) is 0 Å². The molecule has 0 saturated carbocycles. The molecule has 0 aromatic heterocycles. The smallest absolute Gasteiger partial charge is 0.131 e. The topological polar surface area (TPSA) is 21.6 Å². The lowest BCUT2D eigenvalue weighted by Gasteiger charge is -2.12. The van der Waals surface area contributed by atoms with Crippen molar-refractivity contribution in [3.8, 4) is 5.75 Å². The second kappa shape index (κ2) is 3.66. The second-order valence-electron chi connectivity index (χ2n) is 2.64. The SMILES string of the molecule is COc1ccccc1[SH]1C=CN=C1. The molecule has 0 amide bonds. The van der Waals surface area contributed by atoms with E-state index in [4.69, 9.17) is 4.74 Å². The highest BCUT2D eigenvalue weighted by molar-refractivity contribution is 8.31. The molecule has 1 aromatic rings. The van der Waals surface area contributed by atoms with Crippen LogP contribution >= 0.6 is 10.9 Å². The number of thiol groups is 1. The van der Waals surface area contributed by atoms with Gasteiger partial charge in [0, 0.05) is 16.6 Å². The molecular weight excluding hydrogens is 182 g/mol. The van der Waals surface area contributed by atoms with E-state index in [9.17, 15) is 0 Å². The van der Waals surface area contributed by atoms with E-state index in [2.05, 4.69) is 16.5 Å². The molecule has 1 aliphatic rings. The molecule has 2 rings (SSSR count). The van der Waals surface area contributed by atoms with E-state index in [1.54, 1.807) is 7.11 Å². The molecule has 1 atom stereocenters. The third-order valence-electron chi connectivity index (χ3n) is 1.87. The summed E-state index contributed by atoms with van der Waals surface area (Å²) >= 11 is 0. The lowest BCUT2D eigenvalue weighted by Crippen LogP contribution is -1.87. The summed E-state index contributed by atoms with van der Waals surface area (Å²) in [6.07, 6.45) is 1.85. The maximum Gasteiger partial charge on any atom is 0.131 e. The quantitative estimate of drug-likeness (QED) is 0.716. The zero-order chi connectivity index (χ0) is 9.10. The Morgan fingerprint density at radius 3 is 2.85 bits per heavy atom. The zero-order valence-corrected chi connectivity index (χ0v) is 8.24. The summed E-state index contributed by atoms with van der Waals surface area (Å²) in [6.45, 7) is 0. The van der Waals surface area contributed by atoms with E-state index in [1.807, 2.05) is 29.9 Å². The van der Waals surface area contributed by atoms with E-state index in [0.29, 0.717) is 0 Å². The van der Waals surface area contributed by atoms with Gasteiger partial charge < -0.3 is 4.74 Å². The van der Waals surface area contributed by atoms with Crippen molar-refractivity contribution >= 4 is 16.4 Å². The largest absolute Gasteiger partial charge is 0.496 e. The Hall–Kier alpha value is -1.22. The number of rotatable bonds is 2. The van der Waals surface area contributed by atoms with Crippen LogP contribution in [0.2, 0.25) is 0 Å². The Labute approximate surface area is 80.3 Å². The molecule has 0 saturated heterocycles. The summed E-state index contributed by atoms with van der Waals surface area (Å²) in [5.74, 6) is 0.951. The molecule has 0 fully saturated rings. The Kier molecular flexibility index (Phi) is 2.36. The number of aliphatic imine (C=N–C) groups is 1. The summed E-state index contributed by atoms with van der Waals surface area (Å²) in [5, 5.41) is 2.12. The van der Waals surface area contributed by atoms with Crippen LogP contribution in [0.5, 0.6) is 5.75 Å². The fraction of sp³-hybridized carbons (Fsp3) is 0.100. The van der Waals surface area contributed by atoms with Crippen LogP contribution < -0.4 is 4.74 Å². The van der Waals surface area contributed by atoms with Crippen LogP contribution in [0.4, 0.5) is 0 Å². The normalized spacial score (nSPS) is 22.1. The standard InChI is InChI=1S/C10H11NOS/c1-12-9-4-2-3-5-10(9)13-7-6-11-8-13/h2-8,13H,1H3. The van der Waals surface area contributed by atoms with Crippen molar-refractivity contribution in [3.05, 3.63) is 35.9 Å². The molecular formula is C10H11NOS. The number of para-hydroxylation sites is 1. The summed E-state index contributed by atoms with van der Waals surface area (Å²) in [4.78, 5) is 5.32. The molecule has 1 heterocycles. The minimum absolute atomic E-state index is 0.364. The number of ether oxygens (including phenoxy) is 1. The Balaban J connectivity index is 2.38. The van der Waals surface area contributed by atoms with Gasteiger partial charge in [-0.15, -0.1) is 0 Å². The van der Waals surface area contributed by atoms with Crippen LogP contribution in [0.3, 0.4) is 0 Å². The average molecular weight is 193 g/mol. The molecule has 1 aromatic carbocycles. The summed E-state index contributed by atoms with van der Waals surface area (Å²) in [7, 11) is 1.34. The Morgan fingerprint density at radius 2 is 2.15 bits per heavy atom. The van der Waals surface area contributed by atoms with Gasteiger partial charge in [0.2, 0.25) is 0 Å². The molecule has 1 aliphatic heterocycles. The monoisotopic (exact) mass is 193 g/mol. The first-order chi connectivity index (χ1) is 6.42. The number of nitrogens with zero attached hydrogens (tertiary/aromatic N) is 1. The molecule has 1 unspecified atom stereocenters. The van der Waals surface area contributed by atoms with E-state index < -0.39 is 0 Å². The van der Waals surface area contributed by atoms with Crippen molar-refractivity contribution in [2.45, 2.75) is 4.90 Å². The van der Waals surface area contributed by atoms with Gasteiger partial charge in [-0.25, -0.2) is 0 Å². The average Bonchev–Trinajstić information content (AvgIpc) is 2.70. The van der Waals surface area contributed by atoms with Crippen molar-refractivity contribution in [2.24, 2.45) is 4.99 Å². The van der Waals surface area contributed by atoms with Crippen LogP contribution in [0.25, 0.3) is 0 Å². The number of hydrogen-bond acceptors (Lipinski definition) is 2. The molecule has 68 valence electrons. The Bertz CT molecular complexity index is 348. The predicted molar refractivity (Wildman–Crippen MR) is 57.9 cm³/mol. The van der Waals surface area contributed by atoms with Crippen LogP contribution in [0, 0.1) is 0 Å². The fourth-order valence-electron chi connectivity index (χ4n) is 1.24. The van der Waals surface area contributed by atoms with Crippen molar-refractivity contribution in [1.82, 2.24) is 0 Å². The first-order valence-electron chi connectivity index (χ1n) is 4.03. The van der Waals surface area contributed by atoms with Crippen LogP contribution in [-0.4, -0.2) is 12.7 Å². The second-order valence-corrected chi connectivity index (χ2v) is 4.47. The summed E-state index contributed by atoms with van der Waals surface area (Å²) < 4.78 is 5.28. The highest BCUT2D eigenvalue weighted by Crippen LogP contribution is 2.42. The van der Waals surface area contributed by atoms with Gasteiger partial charge in [-0.1, -0.05) is 12.1 Å². The first kappa shape index (κ1) is 8.38. The van der Waals surface area contributed by atoms with Gasteiger partial charge in [0.15, 0.2) is 0 Å². The van der Waals surface area contributed by atoms with Gasteiger partial charge in [0.25, 0.3) is 0 Å². The van der Waals surface area contributed by atoms with Gasteiger partial charge in [-0.05, 0) is 17.5 Å². The van der Waals surface area contributed by atoms with Gasteiger partial charge in [-0.3, -0.25) is 4.99 Å². The molecule has 13 heavy (non-hydrogen) atoms. The number of methoxy groups -OCH3 is 1. The van der Waals surface area contributed by atoms with Crippen LogP contribution in [0.1, 0.15) is 0 Å². The van der Waals surface area contributed by atoms with Crippen molar-refractivity contribution in [2.75, 3.05) is 7.11 Å². The fourth-order valence-corrected chi connectivity index (χ4v) is 2.73. The molecule has 0 aliphatic carbocycles. The molecule has 3 heteroatoms. The van der Waals surface area contributed by atoms with E-state index in [1.165, 1.54) is 4.90 Å². The molecule has 0 N–H and O–H groups in total. The molecule has 2 nitrogen and oxygen atoms in total. The van der Waals surface area contributed by atoms with Gasteiger partial charge in [0.1, 0.15) is 5.75 Å². The lowest BCUT2D eigenvalue weighted by atomic mass is 10.3. The number of benzene rings is 1. The van der Waals surface area contributed by atoms with Gasteiger partial charge >= 0.3 is 0 Å². The van der Waals surface area contributed by atoms with Crippen LogP contribution in [0.15, 0.2) is 45.8 Å². The highest BCUT2D eigenvalue weighted by Gasteiger charge is 2.08. The van der Waals surface area contributed by atoms with Crippen LogP contribution in [-0.2, 0) is 0 Å². The van der Waals surface area contributed by atoms with E-state index >= 15 is 0 Å².